The predicted octanol–water partition coefficient (Wildman–Crippen LogP) is 4.98. The quantitative estimate of drug-likeness (QED) is 0.721. The highest BCUT2D eigenvalue weighted by molar-refractivity contribution is 6.30. The molecule has 1 aromatic rings. The number of hydrogen-bond donors (Lipinski definition) is 0. The molecule has 1 aliphatic heterocycles. The van der Waals surface area contributed by atoms with Gasteiger partial charge in [0.05, 0.1) is 0 Å². The Balaban J connectivity index is 2.43. The van der Waals surface area contributed by atoms with Gasteiger partial charge in [0.1, 0.15) is 0 Å². The van der Waals surface area contributed by atoms with Gasteiger partial charge < -0.3 is 4.90 Å². The lowest BCUT2D eigenvalue weighted by atomic mass is 9.80. The summed E-state index contributed by atoms with van der Waals surface area (Å²) in [6.45, 7) is 6.44. The van der Waals surface area contributed by atoms with Gasteiger partial charge in [-0.15, -0.1) is 11.6 Å². The Hall–Kier alpha value is -0.730. The van der Waals surface area contributed by atoms with E-state index in [1.807, 2.05) is 23.1 Å². The van der Waals surface area contributed by atoms with E-state index in [0.717, 1.165) is 22.7 Å². The maximum atomic E-state index is 12.6. The minimum atomic E-state index is -0.177. The average Bonchev–Trinajstić information content (AvgIpc) is 2.36. The highest BCUT2D eigenvalue weighted by Gasteiger charge is 2.39. The van der Waals surface area contributed by atoms with Crippen LogP contribution >= 0.6 is 23.2 Å². The number of nitrogens with zero attached hydrogens (tertiary/aromatic N) is 1. The standard InChI is InChI=1S/C16H21Cl2NO/c1-11-10-16(2,3)19(15(20)5-4-8-17)14-7-6-12(18)9-13(11)14/h6-7,9,11H,4-5,8,10H2,1-3H3/t11-/m0/s1. The number of carbonyl (C=O) groups is 1. The summed E-state index contributed by atoms with van der Waals surface area (Å²) in [4.78, 5) is 14.5. The number of hydrogen-bond acceptors (Lipinski definition) is 1. The molecule has 0 aromatic heterocycles. The Labute approximate surface area is 131 Å². The topological polar surface area (TPSA) is 20.3 Å². The zero-order valence-corrected chi connectivity index (χ0v) is 13.8. The molecule has 1 aromatic carbocycles. The normalized spacial score (nSPS) is 20.6. The van der Waals surface area contributed by atoms with Crippen LogP contribution in [0.3, 0.4) is 0 Å². The number of carbonyl (C=O) groups excluding carboxylic acids is 1. The molecule has 4 heteroatoms. The van der Waals surface area contributed by atoms with Crippen LogP contribution in [0.1, 0.15) is 51.5 Å². The van der Waals surface area contributed by atoms with Gasteiger partial charge in [0.25, 0.3) is 0 Å². The van der Waals surface area contributed by atoms with Crippen LogP contribution in [0, 0.1) is 0 Å². The van der Waals surface area contributed by atoms with Crippen molar-refractivity contribution in [3.63, 3.8) is 0 Å². The Morgan fingerprint density at radius 3 is 2.80 bits per heavy atom. The van der Waals surface area contributed by atoms with Crippen molar-refractivity contribution in [3.05, 3.63) is 28.8 Å². The van der Waals surface area contributed by atoms with E-state index in [1.165, 1.54) is 0 Å². The van der Waals surface area contributed by atoms with Gasteiger partial charge in [0, 0.05) is 28.5 Å². The smallest absolute Gasteiger partial charge is 0.227 e. The van der Waals surface area contributed by atoms with E-state index in [0.29, 0.717) is 24.6 Å². The van der Waals surface area contributed by atoms with Crippen LogP contribution in [0.5, 0.6) is 0 Å². The number of benzene rings is 1. The van der Waals surface area contributed by atoms with Gasteiger partial charge >= 0.3 is 0 Å². The van der Waals surface area contributed by atoms with E-state index in [4.69, 9.17) is 23.2 Å². The van der Waals surface area contributed by atoms with E-state index < -0.39 is 0 Å². The summed E-state index contributed by atoms with van der Waals surface area (Å²) in [5.41, 5.74) is 1.98. The first-order valence-corrected chi connectivity index (χ1v) is 7.96. The van der Waals surface area contributed by atoms with E-state index in [1.54, 1.807) is 0 Å². The molecule has 1 aliphatic rings. The Morgan fingerprint density at radius 2 is 2.15 bits per heavy atom. The molecule has 0 spiro atoms. The second kappa shape index (κ2) is 5.95. The van der Waals surface area contributed by atoms with Gasteiger partial charge in [-0.05, 0) is 56.4 Å². The van der Waals surface area contributed by atoms with E-state index in [-0.39, 0.29) is 11.4 Å². The summed E-state index contributed by atoms with van der Waals surface area (Å²) in [5, 5.41) is 0.725. The number of rotatable bonds is 3. The number of anilines is 1. The molecule has 0 saturated carbocycles. The predicted molar refractivity (Wildman–Crippen MR) is 86.0 cm³/mol. The monoisotopic (exact) mass is 313 g/mol. The lowest BCUT2D eigenvalue weighted by Crippen LogP contribution is -2.51. The van der Waals surface area contributed by atoms with Gasteiger partial charge in [0.2, 0.25) is 5.91 Å². The highest BCUT2D eigenvalue weighted by atomic mass is 35.5. The van der Waals surface area contributed by atoms with Crippen LogP contribution in [0.15, 0.2) is 18.2 Å². The lowest BCUT2D eigenvalue weighted by Gasteiger charge is -2.46. The number of halogens is 2. The van der Waals surface area contributed by atoms with Crippen LogP contribution in [-0.4, -0.2) is 17.3 Å². The fourth-order valence-corrected chi connectivity index (χ4v) is 3.52. The lowest BCUT2D eigenvalue weighted by molar-refractivity contribution is -0.119. The summed E-state index contributed by atoms with van der Waals surface area (Å²) in [6.07, 6.45) is 2.14. The maximum Gasteiger partial charge on any atom is 0.227 e. The number of alkyl halides is 1. The molecule has 1 heterocycles. The molecule has 1 atom stereocenters. The number of fused-ring (bicyclic) bond motifs is 1. The van der Waals surface area contributed by atoms with Gasteiger partial charge in [-0.2, -0.15) is 0 Å². The highest BCUT2D eigenvalue weighted by Crippen LogP contribution is 2.44. The molecule has 0 unspecified atom stereocenters. The van der Waals surface area contributed by atoms with Crippen molar-refractivity contribution in [2.75, 3.05) is 10.8 Å². The first kappa shape index (κ1) is 15.7. The zero-order valence-electron chi connectivity index (χ0n) is 12.2. The Bertz CT molecular complexity index is 513. The van der Waals surface area contributed by atoms with Crippen LogP contribution in [0.4, 0.5) is 5.69 Å². The van der Waals surface area contributed by atoms with Crippen molar-refractivity contribution in [2.24, 2.45) is 0 Å². The van der Waals surface area contributed by atoms with Crippen LogP contribution in [-0.2, 0) is 4.79 Å². The molecule has 0 radical (unpaired) electrons. The maximum absolute atomic E-state index is 12.6. The van der Waals surface area contributed by atoms with Crippen LogP contribution < -0.4 is 4.90 Å². The SMILES string of the molecule is C[C@H]1CC(C)(C)N(C(=O)CCCCl)c2ccc(Cl)cc21. The third kappa shape index (κ3) is 2.96. The molecule has 20 heavy (non-hydrogen) atoms. The van der Waals surface area contributed by atoms with Crippen LogP contribution in [0.2, 0.25) is 5.02 Å². The van der Waals surface area contributed by atoms with E-state index in [2.05, 4.69) is 20.8 Å². The Kier molecular flexibility index (Phi) is 4.66. The first-order valence-electron chi connectivity index (χ1n) is 7.05. The van der Waals surface area contributed by atoms with E-state index in [9.17, 15) is 4.79 Å². The molecule has 110 valence electrons. The first-order chi connectivity index (χ1) is 9.36. The number of amides is 1. The van der Waals surface area contributed by atoms with Gasteiger partial charge in [-0.25, -0.2) is 0 Å². The second-order valence-electron chi connectivity index (χ2n) is 6.14. The molecule has 0 bridgehead atoms. The summed E-state index contributed by atoms with van der Waals surface area (Å²) in [5.74, 6) is 1.06. The van der Waals surface area contributed by atoms with Crippen molar-refractivity contribution in [1.82, 2.24) is 0 Å². The molecule has 2 rings (SSSR count). The van der Waals surface area contributed by atoms with Gasteiger partial charge in [0.15, 0.2) is 0 Å². The largest absolute Gasteiger partial charge is 0.307 e. The van der Waals surface area contributed by atoms with Gasteiger partial charge in [-0.1, -0.05) is 18.5 Å². The molecule has 0 saturated heterocycles. The van der Waals surface area contributed by atoms with E-state index >= 15 is 0 Å². The molecule has 0 fully saturated rings. The minimum Gasteiger partial charge on any atom is -0.307 e. The summed E-state index contributed by atoms with van der Waals surface area (Å²) in [6, 6.07) is 5.81. The van der Waals surface area contributed by atoms with Crippen LogP contribution in [0.25, 0.3) is 0 Å². The van der Waals surface area contributed by atoms with Crippen molar-refractivity contribution >= 4 is 34.8 Å². The van der Waals surface area contributed by atoms with Crippen molar-refractivity contribution in [2.45, 2.75) is 51.5 Å². The van der Waals surface area contributed by atoms with Crippen molar-refractivity contribution in [3.8, 4) is 0 Å². The summed E-state index contributed by atoms with van der Waals surface area (Å²) in [7, 11) is 0. The fraction of sp³-hybridized carbons (Fsp3) is 0.562. The molecular weight excluding hydrogens is 293 g/mol. The molecule has 2 nitrogen and oxygen atoms in total. The minimum absolute atomic E-state index is 0.145. The second-order valence-corrected chi connectivity index (χ2v) is 6.96. The fourth-order valence-electron chi connectivity index (χ4n) is 3.20. The molecule has 1 amide bonds. The third-order valence-electron chi connectivity index (χ3n) is 3.95. The summed E-state index contributed by atoms with van der Waals surface area (Å²) >= 11 is 11.8. The molecule has 0 N–H and O–H groups in total. The average molecular weight is 314 g/mol. The molecular formula is C16H21Cl2NO. The third-order valence-corrected chi connectivity index (χ3v) is 4.45. The molecule has 0 aliphatic carbocycles. The van der Waals surface area contributed by atoms with Gasteiger partial charge in [-0.3, -0.25) is 4.79 Å². The zero-order chi connectivity index (χ0) is 14.9. The summed E-state index contributed by atoms with van der Waals surface area (Å²) < 4.78 is 0. The van der Waals surface area contributed by atoms with Crippen molar-refractivity contribution < 1.29 is 4.79 Å². The van der Waals surface area contributed by atoms with Crippen molar-refractivity contribution in [1.29, 1.82) is 0 Å². The Morgan fingerprint density at radius 1 is 1.45 bits per heavy atom.